The number of nitrogens with zero attached hydrogens (tertiary/aromatic N) is 2. The number of hydrogen-bond acceptors (Lipinski definition) is 3. The van der Waals surface area contributed by atoms with Crippen LogP contribution in [0.3, 0.4) is 0 Å². The fourth-order valence-corrected chi connectivity index (χ4v) is 3.91. The molecule has 0 aliphatic rings. The molecule has 0 saturated carbocycles. The minimum Gasteiger partial charge on any atom is -0.493 e. The molecule has 0 N–H and O–H groups in total. The van der Waals surface area contributed by atoms with Crippen LogP contribution in [0.4, 0.5) is 4.39 Å². The third kappa shape index (κ3) is 11.1. The minimum absolute atomic E-state index is 0.407. The van der Waals surface area contributed by atoms with E-state index in [9.17, 15) is 4.39 Å². The summed E-state index contributed by atoms with van der Waals surface area (Å²) in [5, 5.41) is 0. The molecule has 2 rings (SSSR count). The number of ether oxygens (including phenoxy) is 1. The van der Waals surface area contributed by atoms with E-state index in [0.717, 1.165) is 30.0 Å². The van der Waals surface area contributed by atoms with Crippen molar-refractivity contribution in [2.45, 2.75) is 110 Å². The van der Waals surface area contributed by atoms with E-state index in [-0.39, 0.29) is 0 Å². The zero-order valence-electron chi connectivity index (χ0n) is 20.3. The third-order valence-electron chi connectivity index (χ3n) is 5.94. The maximum absolute atomic E-state index is 13.5. The Morgan fingerprint density at radius 1 is 0.750 bits per heavy atom. The molecule has 0 aliphatic heterocycles. The van der Waals surface area contributed by atoms with E-state index in [1.165, 1.54) is 69.8 Å². The van der Waals surface area contributed by atoms with Crippen LogP contribution in [0.1, 0.15) is 103 Å². The van der Waals surface area contributed by atoms with Crippen molar-refractivity contribution in [1.29, 1.82) is 0 Å². The lowest BCUT2D eigenvalue weighted by molar-refractivity contribution is 0.225. The molecule has 1 unspecified atom stereocenters. The fourth-order valence-electron chi connectivity index (χ4n) is 3.91. The minimum atomic E-state index is -0.772. The molecule has 178 valence electrons. The highest BCUT2D eigenvalue weighted by atomic mass is 19.1. The second kappa shape index (κ2) is 16.6. The number of aryl methyl sites for hydroxylation is 1. The summed E-state index contributed by atoms with van der Waals surface area (Å²) in [5.74, 6) is 1.49. The molecule has 0 aliphatic carbocycles. The normalized spacial score (nSPS) is 12.1. The smallest absolute Gasteiger partial charge is 0.159 e. The highest BCUT2D eigenvalue weighted by Gasteiger charge is 2.06. The van der Waals surface area contributed by atoms with Crippen LogP contribution in [0.2, 0.25) is 0 Å². The molecule has 0 bridgehead atoms. The molecule has 1 aromatic carbocycles. The molecule has 0 spiro atoms. The van der Waals surface area contributed by atoms with Crippen molar-refractivity contribution in [3.8, 4) is 17.1 Å². The highest BCUT2D eigenvalue weighted by molar-refractivity contribution is 5.55. The van der Waals surface area contributed by atoms with Crippen LogP contribution in [-0.4, -0.2) is 22.7 Å². The van der Waals surface area contributed by atoms with Gasteiger partial charge in [-0.1, -0.05) is 78.1 Å². The van der Waals surface area contributed by atoms with E-state index >= 15 is 0 Å². The fraction of sp³-hybridized carbons (Fsp3) is 0.643. The first-order valence-corrected chi connectivity index (χ1v) is 12.9. The number of alkyl halides is 1. The Morgan fingerprint density at radius 3 is 1.94 bits per heavy atom. The molecular weight excluding hydrogens is 399 g/mol. The van der Waals surface area contributed by atoms with Crippen LogP contribution in [-0.2, 0) is 6.42 Å². The van der Waals surface area contributed by atoms with Crippen molar-refractivity contribution in [3.63, 3.8) is 0 Å². The van der Waals surface area contributed by atoms with Gasteiger partial charge in [0.2, 0.25) is 0 Å². The molecule has 3 nitrogen and oxygen atoms in total. The summed E-state index contributed by atoms with van der Waals surface area (Å²) in [6, 6.07) is 7.74. The van der Waals surface area contributed by atoms with Crippen molar-refractivity contribution in [2.75, 3.05) is 6.61 Å². The molecule has 2 aromatic rings. The maximum atomic E-state index is 13.5. The lowest BCUT2D eigenvalue weighted by atomic mass is 10.0. The summed E-state index contributed by atoms with van der Waals surface area (Å²) >= 11 is 0. The van der Waals surface area contributed by atoms with E-state index in [4.69, 9.17) is 4.74 Å². The first-order chi connectivity index (χ1) is 15.7. The molecule has 0 radical (unpaired) electrons. The molecule has 4 heteroatoms. The van der Waals surface area contributed by atoms with E-state index in [1.54, 1.807) is 0 Å². The van der Waals surface area contributed by atoms with Gasteiger partial charge in [-0.15, -0.1) is 0 Å². The second-order valence-corrected chi connectivity index (χ2v) is 8.89. The predicted octanol–water partition coefficient (Wildman–Crippen LogP) is 8.51. The molecule has 1 atom stereocenters. The lowest BCUT2D eigenvalue weighted by Crippen LogP contribution is -2.07. The summed E-state index contributed by atoms with van der Waals surface area (Å²) in [4.78, 5) is 9.09. The van der Waals surface area contributed by atoms with Crippen molar-refractivity contribution < 1.29 is 9.13 Å². The first-order valence-electron chi connectivity index (χ1n) is 12.9. The van der Waals surface area contributed by atoms with Gasteiger partial charge in [-0.3, -0.25) is 0 Å². The molecule has 0 amide bonds. The molecule has 32 heavy (non-hydrogen) atoms. The Bertz CT molecular complexity index is 702. The van der Waals surface area contributed by atoms with Gasteiger partial charge in [0.05, 0.1) is 6.61 Å². The van der Waals surface area contributed by atoms with Crippen LogP contribution in [0, 0.1) is 0 Å². The Hall–Kier alpha value is -1.97. The Kier molecular flexibility index (Phi) is 13.7. The van der Waals surface area contributed by atoms with Crippen LogP contribution >= 0.6 is 0 Å². The average Bonchev–Trinajstić information content (AvgIpc) is 2.81. The van der Waals surface area contributed by atoms with Gasteiger partial charge in [0.25, 0.3) is 0 Å². The van der Waals surface area contributed by atoms with Gasteiger partial charge in [0, 0.05) is 24.4 Å². The van der Waals surface area contributed by atoms with Crippen LogP contribution < -0.4 is 4.74 Å². The van der Waals surface area contributed by atoms with Crippen molar-refractivity contribution >= 4 is 0 Å². The van der Waals surface area contributed by atoms with E-state index in [2.05, 4.69) is 16.9 Å². The van der Waals surface area contributed by atoms with Gasteiger partial charge in [-0.25, -0.2) is 14.4 Å². The second-order valence-electron chi connectivity index (χ2n) is 8.89. The summed E-state index contributed by atoms with van der Waals surface area (Å²) in [5.41, 5.74) is 2.18. The van der Waals surface area contributed by atoms with Gasteiger partial charge in [0.15, 0.2) is 5.82 Å². The number of unbranched alkanes of at least 4 members (excludes halogenated alkanes) is 9. The molecule has 0 saturated heterocycles. The van der Waals surface area contributed by atoms with Crippen LogP contribution in [0.15, 0.2) is 36.7 Å². The third-order valence-corrected chi connectivity index (χ3v) is 5.94. The van der Waals surface area contributed by atoms with Gasteiger partial charge < -0.3 is 4.74 Å². The topological polar surface area (TPSA) is 35.0 Å². The Labute approximate surface area is 195 Å². The maximum Gasteiger partial charge on any atom is 0.159 e. The molecule has 0 fully saturated rings. The summed E-state index contributed by atoms with van der Waals surface area (Å²) < 4.78 is 19.2. The number of rotatable bonds is 18. The Balaban J connectivity index is 1.62. The zero-order chi connectivity index (χ0) is 22.9. The lowest BCUT2D eigenvalue weighted by Gasteiger charge is -2.09. The molecule has 1 aromatic heterocycles. The monoisotopic (exact) mass is 442 g/mol. The summed E-state index contributed by atoms with van der Waals surface area (Å²) in [7, 11) is 0. The zero-order valence-corrected chi connectivity index (χ0v) is 20.3. The van der Waals surface area contributed by atoms with Crippen LogP contribution in [0.25, 0.3) is 11.4 Å². The van der Waals surface area contributed by atoms with Crippen LogP contribution in [0.5, 0.6) is 5.75 Å². The van der Waals surface area contributed by atoms with E-state index in [1.807, 2.05) is 43.6 Å². The van der Waals surface area contributed by atoms with Crippen molar-refractivity contribution in [3.05, 3.63) is 42.2 Å². The van der Waals surface area contributed by atoms with Gasteiger partial charge in [-0.2, -0.15) is 0 Å². The number of hydrogen-bond donors (Lipinski definition) is 0. The first kappa shape index (κ1) is 26.3. The van der Waals surface area contributed by atoms with E-state index < -0.39 is 6.17 Å². The number of halogens is 1. The van der Waals surface area contributed by atoms with Crippen molar-refractivity contribution in [1.82, 2.24) is 9.97 Å². The van der Waals surface area contributed by atoms with Gasteiger partial charge >= 0.3 is 0 Å². The predicted molar refractivity (Wildman–Crippen MR) is 133 cm³/mol. The molecule has 1 heterocycles. The van der Waals surface area contributed by atoms with Gasteiger partial charge in [-0.05, 0) is 49.1 Å². The summed E-state index contributed by atoms with van der Waals surface area (Å²) in [6.07, 6.45) is 19.6. The quantitative estimate of drug-likeness (QED) is 0.217. The standard InChI is InChI=1S/C28H43FN2O/c1-3-5-6-7-8-9-10-11-12-13-15-24-22-30-28(31-23-24)25-16-18-27(19-17-25)32-21-20-26(29)14-4-2/h16-19,22-23,26H,3-15,20-21H2,1-2H3. The average molecular weight is 443 g/mol. The highest BCUT2D eigenvalue weighted by Crippen LogP contribution is 2.20. The van der Waals surface area contributed by atoms with E-state index in [0.29, 0.717) is 19.4 Å². The number of benzene rings is 1. The molecular formula is C28H43FN2O. The number of aromatic nitrogens is 2. The SMILES string of the molecule is CCCCCCCCCCCCc1cnc(-c2ccc(OCCC(F)CCC)cc2)nc1. The largest absolute Gasteiger partial charge is 0.493 e. The van der Waals surface area contributed by atoms with Gasteiger partial charge in [0.1, 0.15) is 11.9 Å². The van der Waals surface area contributed by atoms with Crippen molar-refractivity contribution in [2.24, 2.45) is 0 Å². The summed E-state index contributed by atoms with van der Waals surface area (Å²) in [6.45, 7) is 4.68. The Morgan fingerprint density at radius 2 is 1.34 bits per heavy atom.